The molecule has 1 aromatic carbocycles. The van der Waals surface area contributed by atoms with E-state index >= 15 is 0 Å². The molecular weight excluding hydrogens is 232 g/mol. The Bertz CT molecular complexity index is 532. The van der Waals surface area contributed by atoms with Crippen molar-refractivity contribution in [3.8, 4) is 0 Å². The molecule has 1 heterocycles. The van der Waals surface area contributed by atoms with Crippen LogP contribution >= 0.6 is 0 Å². The Labute approximate surface area is 114 Å². The molecule has 0 amide bonds. The third-order valence-electron chi connectivity index (χ3n) is 3.74. The van der Waals surface area contributed by atoms with Crippen LogP contribution in [-0.4, -0.2) is 4.98 Å². The second-order valence-corrected chi connectivity index (χ2v) is 5.38. The molecule has 1 aliphatic rings. The lowest BCUT2D eigenvalue weighted by atomic mass is 10.1. The van der Waals surface area contributed by atoms with Crippen molar-refractivity contribution in [2.24, 2.45) is 0 Å². The van der Waals surface area contributed by atoms with Crippen molar-refractivity contribution in [1.29, 1.82) is 0 Å². The van der Waals surface area contributed by atoms with E-state index in [0.29, 0.717) is 0 Å². The number of benzene rings is 1. The molecule has 2 aromatic rings. The highest BCUT2D eigenvalue weighted by Crippen LogP contribution is 2.40. The molecule has 0 aliphatic heterocycles. The van der Waals surface area contributed by atoms with Crippen molar-refractivity contribution in [2.45, 2.75) is 38.3 Å². The zero-order chi connectivity index (χ0) is 13.1. The van der Waals surface area contributed by atoms with E-state index in [1.165, 1.54) is 24.0 Å². The fraction of sp³-hybridized carbons (Fsp3) is 0.353. The molecule has 1 aliphatic carbocycles. The Morgan fingerprint density at radius 2 is 2.11 bits per heavy atom. The van der Waals surface area contributed by atoms with E-state index in [2.05, 4.69) is 47.6 Å². The monoisotopic (exact) mass is 252 g/mol. The maximum absolute atomic E-state index is 4.38. The highest BCUT2D eigenvalue weighted by Gasteiger charge is 2.23. The van der Waals surface area contributed by atoms with Crippen LogP contribution in [0.1, 0.15) is 48.5 Å². The minimum atomic E-state index is 0.283. The summed E-state index contributed by atoms with van der Waals surface area (Å²) in [7, 11) is 0. The summed E-state index contributed by atoms with van der Waals surface area (Å²) >= 11 is 0. The molecule has 1 saturated carbocycles. The Balaban J connectivity index is 1.61. The lowest BCUT2D eigenvalue weighted by molar-refractivity contribution is 0.561. The number of nitrogens with one attached hydrogen (secondary N) is 1. The quantitative estimate of drug-likeness (QED) is 0.875. The smallest absolute Gasteiger partial charge is 0.0570 e. The second-order valence-electron chi connectivity index (χ2n) is 5.38. The molecule has 3 rings (SSSR count). The average Bonchev–Trinajstić information content (AvgIpc) is 3.31. The third-order valence-corrected chi connectivity index (χ3v) is 3.74. The first-order valence-corrected chi connectivity index (χ1v) is 7.06. The van der Waals surface area contributed by atoms with Gasteiger partial charge < -0.3 is 5.32 Å². The summed E-state index contributed by atoms with van der Waals surface area (Å²) in [6.07, 6.45) is 4.57. The van der Waals surface area contributed by atoms with E-state index in [-0.39, 0.29) is 6.04 Å². The van der Waals surface area contributed by atoms with Crippen LogP contribution in [0, 0.1) is 0 Å². The summed E-state index contributed by atoms with van der Waals surface area (Å²) < 4.78 is 0. The molecular formula is C17H20N2. The molecule has 1 aromatic heterocycles. The number of nitrogens with zero attached hydrogens (tertiary/aromatic N) is 1. The summed E-state index contributed by atoms with van der Waals surface area (Å²) in [5.74, 6) is 0.827. The number of rotatable bonds is 5. The summed E-state index contributed by atoms with van der Waals surface area (Å²) in [4.78, 5) is 4.38. The molecule has 2 heteroatoms. The van der Waals surface area contributed by atoms with Gasteiger partial charge in [-0.05, 0) is 48.9 Å². The Kier molecular flexibility index (Phi) is 3.60. The fourth-order valence-electron chi connectivity index (χ4n) is 2.38. The molecule has 0 bridgehead atoms. The van der Waals surface area contributed by atoms with Crippen LogP contribution in [-0.2, 0) is 6.54 Å². The molecule has 0 spiro atoms. The lowest BCUT2D eigenvalue weighted by Gasteiger charge is -2.13. The van der Waals surface area contributed by atoms with Crippen LogP contribution in [0.2, 0.25) is 0 Å². The van der Waals surface area contributed by atoms with Gasteiger partial charge in [0, 0.05) is 18.8 Å². The van der Waals surface area contributed by atoms with Crippen molar-refractivity contribution in [2.75, 3.05) is 0 Å². The average molecular weight is 252 g/mol. The number of aromatic nitrogens is 1. The van der Waals surface area contributed by atoms with Gasteiger partial charge in [0.2, 0.25) is 0 Å². The summed E-state index contributed by atoms with van der Waals surface area (Å²) in [5, 5.41) is 3.54. The highest BCUT2D eigenvalue weighted by molar-refractivity contribution is 5.29. The molecule has 98 valence electrons. The number of pyridine rings is 1. The van der Waals surface area contributed by atoms with Gasteiger partial charge in [-0.25, -0.2) is 0 Å². The third kappa shape index (κ3) is 3.21. The van der Waals surface area contributed by atoms with E-state index in [9.17, 15) is 0 Å². The van der Waals surface area contributed by atoms with Gasteiger partial charge in [0.15, 0.2) is 0 Å². The van der Waals surface area contributed by atoms with Gasteiger partial charge >= 0.3 is 0 Å². The number of hydrogen-bond donors (Lipinski definition) is 1. The Hall–Kier alpha value is -1.67. The minimum Gasteiger partial charge on any atom is -0.305 e. The lowest BCUT2D eigenvalue weighted by Crippen LogP contribution is -2.19. The minimum absolute atomic E-state index is 0.283. The SMILES string of the molecule is C[C@@H](NCc1cccc(C2CC2)c1)c1ccccn1. The predicted molar refractivity (Wildman–Crippen MR) is 77.9 cm³/mol. The maximum atomic E-state index is 4.38. The van der Waals surface area contributed by atoms with Gasteiger partial charge in [0.1, 0.15) is 0 Å². The van der Waals surface area contributed by atoms with Crippen LogP contribution in [0.4, 0.5) is 0 Å². The zero-order valence-electron chi connectivity index (χ0n) is 11.3. The number of hydrogen-bond acceptors (Lipinski definition) is 2. The highest BCUT2D eigenvalue weighted by atomic mass is 14.9. The van der Waals surface area contributed by atoms with Crippen LogP contribution in [0.15, 0.2) is 48.7 Å². The Morgan fingerprint density at radius 1 is 1.21 bits per heavy atom. The van der Waals surface area contributed by atoms with Crippen LogP contribution in [0.25, 0.3) is 0 Å². The van der Waals surface area contributed by atoms with Gasteiger partial charge in [-0.15, -0.1) is 0 Å². The molecule has 1 atom stereocenters. The molecule has 0 saturated heterocycles. The molecule has 19 heavy (non-hydrogen) atoms. The Morgan fingerprint density at radius 3 is 2.84 bits per heavy atom. The maximum Gasteiger partial charge on any atom is 0.0570 e. The first-order valence-electron chi connectivity index (χ1n) is 7.06. The largest absolute Gasteiger partial charge is 0.305 e. The first kappa shape index (κ1) is 12.4. The predicted octanol–water partition coefficient (Wildman–Crippen LogP) is 3.81. The van der Waals surface area contributed by atoms with Gasteiger partial charge in [0.25, 0.3) is 0 Å². The normalized spacial score (nSPS) is 16.3. The summed E-state index contributed by atoms with van der Waals surface area (Å²) in [5.41, 5.74) is 3.97. The molecule has 0 unspecified atom stereocenters. The summed E-state index contributed by atoms with van der Waals surface area (Å²) in [6, 6.07) is 15.3. The van der Waals surface area contributed by atoms with E-state index in [1.807, 2.05) is 18.3 Å². The molecule has 1 N–H and O–H groups in total. The van der Waals surface area contributed by atoms with Crippen LogP contribution in [0.5, 0.6) is 0 Å². The zero-order valence-corrected chi connectivity index (χ0v) is 11.3. The topological polar surface area (TPSA) is 24.9 Å². The van der Waals surface area contributed by atoms with E-state index in [4.69, 9.17) is 0 Å². The van der Waals surface area contributed by atoms with Crippen molar-refractivity contribution in [1.82, 2.24) is 10.3 Å². The van der Waals surface area contributed by atoms with E-state index < -0.39 is 0 Å². The molecule has 1 fully saturated rings. The standard InChI is InChI=1S/C17H20N2/c1-13(17-7-2-3-10-18-17)19-12-14-5-4-6-16(11-14)15-8-9-15/h2-7,10-11,13,15,19H,8-9,12H2,1H3/t13-/m1/s1. The fourth-order valence-corrected chi connectivity index (χ4v) is 2.38. The van der Waals surface area contributed by atoms with Crippen LogP contribution in [0.3, 0.4) is 0 Å². The summed E-state index contributed by atoms with van der Waals surface area (Å²) in [6.45, 7) is 3.06. The van der Waals surface area contributed by atoms with Gasteiger partial charge in [-0.3, -0.25) is 4.98 Å². The first-order chi connectivity index (χ1) is 9.33. The van der Waals surface area contributed by atoms with Crippen molar-refractivity contribution in [3.05, 3.63) is 65.5 Å². The van der Waals surface area contributed by atoms with E-state index in [1.54, 1.807) is 0 Å². The van der Waals surface area contributed by atoms with Crippen molar-refractivity contribution in [3.63, 3.8) is 0 Å². The van der Waals surface area contributed by atoms with Gasteiger partial charge in [-0.2, -0.15) is 0 Å². The van der Waals surface area contributed by atoms with Crippen molar-refractivity contribution >= 4 is 0 Å². The van der Waals surface area contributed by atoms with Crippen molar-refractivity contribution < 1.29 is 0 Å². The molecule has 0 radical (unpaired) electrons. The van der Waals surface area contributed by atoms with Gasteiger partial charge in [0.05, 0.1) is 5.69 Å². The van der Waals surface area contributed by atoms with E-state index in [0.717, 1.165) is 18.2 Å². The second kappa shape index (κ2) is 5.54. The molecule has 2 nitrogen and oxygen atoms in total. The van der Waals surface area contributed by atoms with Gasteiger partial charge in [-0.1, -0.05) is 30.3 Å². The van der Waals surface area contributed by atoms with Crippen LogP contribution < -0.4 is 5.32 Å².